The van der Waals surface area contributed by atoms with E-state index in [0.29, 0.717) is 33.0 Å². The van der Waals surface area contributed by atoms with Crippen molar-refractivity contribution in [3.8, 4) is 5.75 Å². The number of rotatable bonds is 6. The van der Waals surface area contributed by atoms with E-state index in [4.69, 9.17) is 23.7 Å². The number of methoxy groups -OCH3 is 5. The van der Waals surface area contributed by atoms with Crippen LogP contribution in [0.4, 0.5) is 5.69 Å². The van der Waals surface area contributed by atoms with Crippen LogP contribution in [-0.2, 0) is 38.1 Å². The van der Waals surface area contributed by atoms with Gasteiger partial charge in [0.05, 0.1) is 52.3 Å². The molecule has 47 heavy (non-hydrogen) atoms. The highest BCUT2D eigenvalue weighted by Gasteiger charge is 2.61. The summed E-state index contributed by atoms with van der Waals surface area (Å²) in [6, 6.07) is 12.3. The van der Waals surface area contributed by atoms with Crippen LogP contribution in [-0.4, -0.2) is 75.0 Å². The molecule has 0 radical (unpaired) electrons. The van der Waals surface area contributed by atoms with Gasteiger partial charge in [-0.1, -0.05) is 53.0 Å². The Hall–Kier alpha value is -4.14. The van der Waals surface area contributed by atoms with Crippen molar-refractivity contribution in [1.29, 1.82) is 0 Å². The lowest BCUT2D eigenvalue weighted by molar-refractivity contribution is -0.138. The lowest BCUT2D eigenvalue weighted by Crippen LogP contribution is -2.53. The van der Waals surface area contributed by atoms with Crippen LogP contribution in [0.15, 0.2) is 67.7 Å². The van der Waals surface area contributed by atoms with Crippen LogP contribution in [0.3, 0.4) is 0 Å². The summed E-state index contributed by atoms with van der Waals surface area (Å²) >= 11 is 2.70. The van der Waals surface area contributed by atoms with Gasteiger partial charge < -0.3 is 23.7 Å². The van der Waals surface area contributed by atoms with E-state index in [9.17, 15) is 24.0 Å². The lowest BCUT2D eigenvalue weighted by Gasteiger charge is -2.50. The highest BCUT2D eigenvalue weighted by Crippen LogP contribution is 2.71. The maximum Gasteiger partial charge on any atom is 0.345 e. The summed E-state index contributed by atoms with van der Waals surface area (Å²) in [6.07, 6.45) is 0. The third kappa shape index (κ3) is 5.41. The van der Waals surface area contributed by atoms with Crippen LogP contribution in [0.2, 0.25) is 0 Å². The van der Waals surface area contributed by atoms with Crippen LogP contribution >= 0.6 is 35.3 Å². The van der Waals surface area contributed by atoms with Crippen molar-refractivity contribution in [2.75, 3.05) is 40.4 Å². The number of carbonyl (C=O) groups excluding carboxylic acids is 5. The van der Waals surface area contributed by atoms with Crippen molar-refractivity contribution in [3.05, 3.63) is 84.3 Å². The fourth-order valence-corrected chi connectivity index (χ4v) is 10.7. The number of hydrogen-bond donors (Lipinski definition) is 0. The molecule has 0 atom stereocenters. The number of carbonyl (C=O) groups is 5. The smallest absolute Gasteiger partial charge is 0.345 e. The standard InChI is InChI=1S/C33H31NO10S3/c1-16-10-9-11-17(14-16)27(35)34-20-15-18(40-4)12-13-19(20)21-26(32(34,2)3)45-23(29(37)42-6)22(28(36)41-5)33(21)46-24(30(38)43-7)25(47-33)31(39)44-8/h9-15H,1-8H3. The summed E-state index contributed by atoms with van der Waals surface area (Å²) < 4.78 is 24.4. The third-order valence-corrected chi connectivity index (χ3v) is 12.5. The van der Waals surface area contributed by atoms with Crippen LogP contribution < -0.4 is 9.64 Å². The number of aryl methyl sites for hydroxylation is 1. The Kier molecular flexibility index (Phi) is 9.32. The monoisotopic (exact) mass is 697 g/mol. The molecule has 0 aromatic heterocycles. The van der Waals surface area contributed by atoms with Crippen molar-refractivity contribution < 1.29 is 47.7 Å². The van der Waals surface area contributed by atoms with Gasteiger partial charge in [-0.3, -0.25) is 9.69 Å². The molecule has 3 heterocycles. The van der Waals surface area contributed by atoms with Gasteiger partial charge in [0, 0.05) is 27.7 Å². The first-order chi connectivity index (χ1) is 22.3. The predicted octanol–water partition coefficient (Wildman–Crippen LogP) is 5.23. The molecule has 0 bridgehead atoms. The minimum atomic E-state index is -1.68. The number of hydrogen-bond acceptors (Lipinski definition) is 13. The topological polar surface area (TPSA) is 135 Å². The molecule has 14 heteroatoms. The molecule has 0 unspecified atom stereocenters. The Morgan fingerprint density at radius 1 is 0.723 bits per heavy atom. The molecule has 2 aromatic carbocycles. The molecule has 3 aliphatic heterocycles. The molecule has 0 aliphatic carbocycles. The van der Waals surface area contributed by atoms with Crippen molar-refractivity contribution in [1.82, 2.24) is 0 Å². The van der Waals surface area contributed by atoms with E-state index in [1.165, 1.54) is 35.5 Å². The van der Waals surface area contributed by atoms with Crippen LogP contribution in [0.5, 0.6) is 5.75 Å². The average Bonchev–Trinajstić information content (AvgIpc) is 3.46. The molecule has 11 nitrogen and oxygen atoms in total. The van der Waals surface area contributed by atoms with E-state index in [1.54, 1.807) is 41.3 Å². The summed E-state index contributed by atoms with van der Waals surface area (Å²) in [4.78, 5) is 70.0. The highest BCUT2D eigenvalue weighted by atomic mass is 32.2. The van der Waals surface area contributed by atoms with E-state index < -0.39 is 33.5 Å². The minimum Gasteiger partial charge on any atom is -0.497 e. The second-order valence-corrected chi connectivity index (χ2v) is 14.6. The lowest BCUT2D eigenvalue weighted by atomic mass is 9.83. The summed E-state index contributed by atoms with van der Waals surface area (Å²) in [6.45, 7) is 5.52. The molecular formula is C33H31NO10S3. The molecule has 0 saturated carbocycles. The van der Waals surface area contributed by atoms with Gasteiger partial charge in [-0.25, -0.2) is 19.2 Å². The van der Waals surface area contributed by atoms with Crippen LogP contribution in [0, 0.1) is 6.92 Å². The first kappa shape index (κ1) is 34.2. The van der Waals surface area contributed by atoms with Gasteiger partial charge in [-0.05, 0) is 45.0 Å². The van der Waals surface area contributed by atoms with Crippen molar-refractivity contribution in [2.24, 2.45) is 0 Å². The molecular weight excluding hydrogens is 667 g/mol. The molecule has 246 valence electrons. The van der Waals surface area contributed by atoms with E-state index in [1.807, 2.05) is 26.8 Å². The fourth-order valence-electron chi connectivity index (χ4n) is 5.69. The molecule has 2 aromatic rings. The molecule has 5 rings (SSSR count). The van der Waals surface area contributed by atoms with Gasteiger partial charge in [-0.15, -0.1) is 0 Å². The van der Waals surface area contributed by atoms with Crippen molar-refractivity contribution >= 4 is 76.3 Å². The predicted molar refractivity (Wildman–Crippen MR) is 180 cm³/mol. The molecule has 1 amide bonds. The molecule has 1 spiro atoms. The molecule has 0 fully saturated rings. The summed E-state index contributed by atoms with van der Waals surface area (Å²) in [5.74, 6) is -3.28. The van der Waals surface area contributed by atoms with Gasteiger partial charge >= 0.3 is 23.9 Å². The Morgan fingerprint density at radius 3 is 1.83 bits per heavy atom. The second-order valence-electron chi connectivity index (χ2n) is 10.9. The number of esters is 4. The van der Waals surface area contributed by atoms with E-state index in [0.717, 1.165) is 40.8 Å². The Bertz CT molecular complexity index is 1810. The number of thioether (sulfide) groups is 3. The fraction of sp³-hybridized carbons (Fsp3) is 0.303. The van der Waals surface area contributed by atoms with E-state index >= 15 is 0 Å². The van der Waals surface area contributed by atoms with Crippen LogP contribution in [0.1, 0.15) is 35.3 Å². The number of ether oxygens (including phenoxy) is 5. The van der Waals surface area contributed by atoms with Crippen LogP contribution in [0.25, 0.3) is 5.57 Å². The number of nitrogens with zero attached hydrogens (tertiary/aromatic N) is 1. The minimum absolute atomic E-state index is 0.124. The SMILES string of the molecule is COC(=O)C1=C(C(=O)OC)SC2(S1)C(C(=O)OC)=C(C(=O)OC)SC1=C2c2ccc(OC)cc2N(C(=O)c2cccc(C)c2)C1(C)C. The van der Waals surface area contributed by atoms with Crippen molar-refractivity contribution in [3.63, 3.8) is 0 Å². The van der Waals surface area contributed by atoms with Gasteiger partial charge in [0.2, 0.25) is 0 Å². The zero-order valence-corrected chi connectivity index (χ0v) is 29.2. The first-order valence-electron chi connectivity index (χ1n) is 14.0. The van der Waals surface area contributed by atoms with E-state index in [2.05, 4.69) is 0 Å². The molecule has 3 aliphatic rings. The van der Waals surface area contributed by atoms with E-state index in [-0.39, 0.29) is 26.2 Å². The Labute approximate surface area is 284 Å². The van der Waals surface area contributed by atoms with Crippen molar-refractivity contribution in [2.45, 2.75) is 30.4 Å². The average molecular weight is 698 g/mol. The normalized spacial score (nSPS) is 17.6. The first-order valence-corrected chi connectivity index (χ1v) is 16.5. The summed E-state index contributed by atoms with van der Waals surface area (Å²) in [5.41, 5.74) is 1.39. The Morgan fingerprint density at radius 2 is 1.30 bits per heavy atom. The third-order valence-electron chi connectivity index (χ3n) is 7.81. The quantitative estimate of drug-likeness (QED) is 0.288. The summed E-state index contributed by atoms with van der Waals surface area (Å²) in [5, 5.41) is 0. The van der Waals surface area contributed by atoms with Gasteiger partial charge in [0.15, 0.2) is 0 Å². The number of fused-ring (bicyclic) bond motifs is 3. The number of anilines is 1. The van der Waals surface area contributed by atoms with Gasteiger partial charge in [0.25, 0.3) is 5.91 Å². The zero-order valence-electron chi connectivity index (χ0n) is 26.8. The Balaban J connectivity index is 1.90. The largest absolute Gasteiger partial charge is 0.497 e. The number of amides is 1. The maximum absolute atomic E-state index is 14.5. The zero-order chi connectivity index (χ0) is 34.4. The van der Waals surface area contributed by atoms with Gasteiger partial charge in [0.1, 0.15) is 24.5 Å². The number of benzene rings is 2. The highest BCUT2D eigenvalue weighted by molar-refractivity contribution is 8.26. The molecule has 0 saturated heterocycles. The summed E-state index contributed by atoms with van der Waals surface area (Å²) in [7, 11) is 6.18. The molecule has 0 N–H and O–H groups in total. The second kappa shape index (κ2) is 12.8. The van der Waals surface area contributed by atoms with Gasteiger partial charge in [-0.2, -0.15) is 0 Å². The maximum atomic E-state index is 14.5.